The van der Waals surface area contributed by atoms with E-state index in [1.807, 2.05) is 0 Å². The molecule has 0 bridgehead atoms. The van der Waals surface area contributed by atoms with Crippen LogP contribution in [-0.4, -0.2) is 32.6 Å². The molecule has 0 radical (unpaired) electrons. The Kier molecular flexibility index (Phi) is 3.56. The van der Waals surface area contributed by atoms with E-state index in [9.17, 15) is 9.59 Å². The maximum Gasteiger partial charge on any atom is 0.344 e. The molecule has 1 aliphatic rings. The molecule has 0 saturated heterocycles. The number of nitrogens with one attached hydrogen (secondary N) is 1. The number of H-pyrrole nitrogens is 1. The summed E-state index contributed by atoms with van der Waals surface area (Å²) in [6.45, 7) is 3.88. The van der Waals surface area contributed by atoms with Gasteiger partial charge in [-0.1, -0.05) is 11.8 Å². The van der Waals surface area contributed by atoms with E-state index in [1.54, 1.807) is 18.4 Å². The van der Waals surface area contributed by atoms with E-state index in [1.165, 1.54) is 11.8 Å². The minimum atomic E-state index is -0.359. The van der Waals surface area contributed by atoms with Gasteiger partial charge in [-0.15, -0.1) is 5.10 Å². The molecule has 0 spiro atoms. The maximum absolute atomic E-state index is 11.5. The standard InChI is InChI=1S/C10H15N3O3S/c1-3-16-8(14)6(2)17-10-12-11-9(15)13(10)7-4-5-7/h6-7H,3-5H2,1-2H3,(H,11,15). The summed E-state index contributed by atoms with van der Waals surface area (Å²) in [5.74, 6) is -0.282. The van der Waals surface area contributed by atoms with Crippen molar-refractivity contribution in [3.05, 3.63) is 10.5 Å². The van der Waals surface area contributed by atoms with Crippen LogP contribution >= 0.6 is 11.8 Å². The van der Waals surface area contributed by atoms with Gasteiger partial charge in [0.15, 0.2) is 5.16 Å². The zero-order valence-corrected chi connectivity index (χ0v) is 10.6. The highest BCUT2D eigenvalue weighted by atomic mass is 32.2. The molecular weight excluding hydrogens is 242 g/mol. The first kappa shape index (κ1) is 12.2. The normalized spacial score (nSPS) is 16.8. The topological polar surface area (TPSA) is 77.0 Å². The van der Waals surface area contributed by atoms with Crippen molar-refractivity contribution in [1.82, 2.24) is 14.8 Å². The number of carbonyl (C=O) groups is 1. The molecule has 1 atom stereocenters. The van der Waals surface area contributed by atoms with Crippen molar-refractivity contribution in [2.24, 2.45) is 0 Å². The summed E-state index contributed by atoms with van der Waals surface area (Å²) in [7, 11) is 0. The lowest BCUT2D eigenvalue weighted by Crippen LogP contribution is -2.20. The molecule has 17 heavy (non-hydrogen) atoms. The molecule has 1 heterocycles. The van der Waals surface area contributed by atoms with Crippen molar-refractivity contribution in [2.75, 3.05) is 6.61 Å². The first-order chi connectivity index (χ1) is 8.13. The number of hydrogen-bond acceptors (Lipinski definition) is 5. The van der Waals surface area contributed by atoms with Crippen molar-refractivity contribution < 1.29 is 9.53 Å². The molecule has 6 nitrogen and oxygen atoms in total. The van der Waals surface area contributed by atoms with E-state index < -0.39 is 0 Å². The predicted octanol–water partition coefficient (Wildman–Crippen LogP) is 0.950. The average Bonchev–Trinajstić information content (AvgIpc) is 3.05. The van der Waals surface area contributed by atoms with E-state index in [0.717, 1.165) is 12.8 Å². The summed E-state index contributed by atoms with van der Waals surface area (Å²) in [6.07, 6.45) is 2.00. The molecular formula is C10H15N3O3S. The maximum atomic E-state index is 11.5. The van der Waals surface area contributed by atoms with Crippen LogP contribution in [0.1, 0.15) is 32.7 Å². The predicted molar refractivity (Wildman–Crippen MR) is 63.1 cm³/mol. The zero-order valence-electron chi connectivity index (χ0n) is 9.80. The fraction of sp³-hybridized carbons (Fsp3) is 0.700. The van der Waals surface area contributed by atoms with Gasteiger partial charge in [-0.05, 0) is 26.7 Å². The first-order valence-electron chi connectivity index (χ1n) is 5.63. The highest BCUT2D eigenvalue weighted by Gasteiger charge is 2.30. The summed E-state index contributed by atoms with van der Waals surface area (Å²) < 4.78 is 6.54. The highest BCUT2D eigenvalue weighted by Crippen LogP contribution is 2.36. The fourth-order valence-corrected chi connectivity index (χ4v) is 2.42. The Balaban J connectivity index is 2.08. The Labute approximate surface area is 103 Å². The van der Waals surface area contributed by atoms with Crippen LogP contribution < -0.4 is 5.69 Å². The quantitative estimate of drug-likeness (QED) is 0.627. The minimum Gasteiger partial charge on any atom is -0.465 e. The third kappa shape index (κ3) is 2.71. The van der Waals surface area contributed by atoms with E-state index in [0.29, 0.717) is 11.8 Å². The second-order valence-electron chi connectivity index (χ2n) is 3.92. The summed E-state index contributed by atoms with van der Waals surface area (Å²) in [5.41, 5.74) is -0.203. The number of thioether (sulfide) groups is 1. The van der Waals surface area contributed by atoms with Gasteiger partial charge in [-0.3, -0.25) is 9.36 Å². The van der Waals surface area contributed by atoms with Gasteiger partial charge in [0.1, 0.15) is 5.25 Å². The van der Waals surface area contributed by atoms with Gasteiger partial charge in [0, 0.05) is 6.04 Å². The molecule has 1 N–H and O–H groups in total. The van der Waals surface area contributed by atoms with Crippen LogP contribution in [0.3, 0.4) is 0 Å². The molecule has 0 aromatic carbocycles. The Morgan fingerprint density at radius 2 is 2.41 bits per heavy atom. The number of hydrogen-bond donors (Lipinski definition) is 1. The molecule has 7 heteroatoms. The van der Waals surface area contributed by atoms with Crippen molar-refractivity contribution in [2.45, 2.75) is 43.1 Å². The first-order valence-corrected chi connectivity index (χ1v) is 6.51. The number of nitrogens with zero attached hydrogens (tertiary/aromatic N) is 2. The molecule has 2 rings (SSSR count). The van der Waals surface area contributed by atoms with Gasteiger partial charge >= 0.3 is 11.7 Å². The summed E-state index contributed by atoms with van der Waals surface area (Å²) >= 11 is 1.25. The van der Waals surface area contributed by atoms with Crippen LogP contribution in [0.15, 0.2) is 9.95 Å². The Hall–Kier alpha value is -1.24. The van der Waals surface area contributed by atoms with E-state index in [-0.39, 0.29) is 23.0 Å². The Morgan fingerprint density at radius 1 is 1.71 bits per heavy atom. The monoisotopic (exact) mass is 257 g/mol. The molecule has 94 valence electrons. The van der Waals surface area contributed by atoms with Gasteiger partial charge in [-0.25, -0.2) is 9.89 Å². The number of esters is 1. The molecule has 1 aromatic heterocycles. The summed E-state index contributed by atoms with van der Waals surface area (Å²) in [6, 6.07) is 0.248. The Morgan fingerprint density at radius 3 is 3.00 bits per heavy atom. The van der Waals surface area contributed by atoms with E-state index >= 15 is 0 Å². The Bertz CT molecular complexity index is 464. The SMILES string of the molecule is CCOC(=O)C(C)Sc1n[nH]c(=O)n1C1CC1. The molecule has 0 amide bonds. The molecule has 1 unspecified atom stereocenters. The van der Waals surface area contributed by atoms with E-state index in [4.69, 9.17) is 4.74 Å². The molecule has 1 fully saturated rings. The fourth-order valence-electron chi connectivity index (χ4n) is 1.49. The number of rotatable bonds is 5. The largest absolute Gasteiger partial charge is 0.465 e. The lowest BCUT2D eigenvalue weighted by Gasteiger charge is -2.09. The molecule has 0 aliphatic heterocycles. The minimum absolute atomic E-state index is 0.203. The van der Waals surface area contributed by atoms with Crippen LogP contribution in [-0.2, 0) is 9.53 Å². The lowest BCUT2D eigenvalue weighted by molar-refractivity contribution is -0.142. The van der Waals surface area contributed by atoms with Crippen molar-refractivity contribution in [3.63, 3.8) is 0 Å². The van der Waals surface area contributed by atoms with Gasteiger partial charge < -0.3 is 4.74 Å². The third-order valence-electron chi connectivity index (χ3n) is 2.48. The summed E-state index contributed by atoms with van der Waals surface area (Å²) in [5, 5.41) is 6.57. The zero-order chi connectivity index (χ0) is 12.4. The van der Waals surface area contributed by atoms with Crippen LogP contribution in [0.5, 0.6) is 0 Å². The second-order valence-corrected chi connectivity index (χ2v) is 5.23. The summed E-state index contributed by atoms with van der Waals surface area (Å²) in [4.78, 5) is 23.0. The van der Waals surface area contributed by atoms with Crippen molar-refractivity contribution >= 4 is 17.7 Å². The highest BCUT2D eigenvalue weighted by molar-refractivity contribution is 8.00. The smallest absolute Gasteiger partial charge is 0.344 e. The number of carbonyl (C=O) groups excluding carboxylic acids is 1. The van der Waals surface area contributed by atoms with Crippen LogP contribution in [0, 0.1) is 0 Å². The molecule has 1 aromatic rings. The number of aromatic nitrogens is 3. The third-order valence-corrected chi connectivity index (χ3v) is 3.53. The lowest BCUT2D eigenvalue weighted by atomic mass is 10.5. The van der Waals surface area contributed by atoms with Crippen molar-refractivity contribution in [1.29, 1.82) is 0 Å². The number of ether oxygens (including phenoxy) is 1. The van der Waals surface area contributed by atoms with Crippen LogP contribution in [0.2, 0.25) is 0 Å². The van der Waals surface area contributed by atoms with Gasteiger partial charge in [0.05, 0.1) is 6.61 Å². The number of aromatic amines is 1. The van der Waals surface area contributed by atoms with Gasteiger partial charge in [0.25, 0.3) is 0 Å². The molecule has 1 aliphatic carbocycles. The van der Waals surface area contributed by atoms with Gasteiger partial charge in [-0.2, -0.15) is 0 Å². The van der Waals surface area contributed by atoms with E-state index in [2.05, 4.69) is 10.2 Å². The average molecular weight is 257 g/mol. The molecule has 1 saturated carbocycles. The van der Waals surface area contributed by atoms with Crippen LogP contribution in [0.25, 0.3) is 0 Å². The van der Waals surface area contributed by atoms with Gasteiger partial charge in [0.2, 0.25) is 0 Å². The second kappa shape index (κ2) is 4.95. The van der Waals surface area contributed by atoms with Crippen molar-refractivity contribution in [3.8, 4) is 0 Å². The van der Waals surface area contributed by atoms with Crippen LogP contribution in [0.4, 0.5) is 0 Å².